The molecule has 1 saturated carbocycles. The lowest BCUT2D eigenvalue weighted by molar-refractivity contribution is -0.174. The average Bonchev–Trinajstić information content (AvgIpc) is 2.85. The van der Waals surface area contributed by atoms with Gasteiger partial charge in [-0.25, -0.2) is 0 Å². The molecule has 1 aliphatic rings. The van der Waals surface area contributed by atoms with Crippen LogP contribution in [0.2, 0.25) is 0 Å². The Bertz CT molecular complexity index is 369. The summed E-state index contributed by atoms with van der Waals surface area (Å²) in [7, 11) is 2.48. The van der Waals surface area contributed by atoms with Gasteiger partial charge >= 0.3 is 11.9 Å². The maximum absolute atomic E-state index is 12.2. The fourth-order valence-corrected chi connectivity index (χ4v) is 2.75. The van der Waals surface area contributed by atoms with Crippen LogP contribution in [0.15, 0.2) is 12.7 Å². The van der Waals surface area contributed by atoms with Crippen LogP contribution in [-0.2, 0) is 23.9 Å². The molecule has 0 heterocycles. The summed E-state index contributed by atoms with van der Waals surface area (Å²) in [5.74, 6) is -1.53. The summed E-state index contributed by atoms with van der Waals surface area (Å²) in [6.07, 6.45) is 3.51. The number of rotatable bonds is 6. The van der Waals surface area contributed by atoms with Crippen molar-refractivity contribution in [2.45, 2.75) is 32.1 Å². The molecule has 0 aromatic carbocycles. The van der Waals surface area contributed by atoms with E-state index < -0.39 is 17.4 Å². The molecule has 1 atom stereocenters. The highest BCUT2D eigenvalue weighted by atomic mass is 16.5. The molecule has 0 amide bonds. The van der Waals surface area contributed by atoms with E-state index in [9.17, 15) is 14.4 Å². The molecule has 19 heavy (non-hydrogen) atoms. The minimum Gasteiger partial charge on any atom is -0.468 e. The Labute approximate surface area is 112 Å². The lowest BCUT2D eigenvalue weighted by Crippen LogP contribution is -2.46. The molecule has 0 bridgehead atoms. The Balaban J connectivity index is 3.16. The van der Waals surface area contributed by atoms with Gasteiger partial charge in [0.05, 0.1) is 14.2 Å². The first kappa shape index (κ1) is 15.4. The zero-order valence-electron chi connectivity index (χ0n) is 11.4. The largest absolute Gasteiger partial charge is 0.468 e. The third-order valence-corrected chi connectivity index (χ3v) is 3.78. The van der Waals surface area contributed by atoms with E-state index in [0.717, 1.165) is 0 Å². The van der Waals surface area contributed by atoms with E-state index in [0.29, 0.717) is 19.3 Å². The molecule has 1 rings (SSSR count). The normalized spacial score (nSPS) is 19.1. The van der Waals surface area contributed by atoms with Gasteiger partial charge in [0.15, 0.2) is 5.41 Å². The van der Waals surface area contributed by atoms with Gasteiger partial charge in [0.25, 0.3) is 0 Å². The molecule has 0 aromatic rings. The van der Waals surface area contributed by atoms with Gasteiger partial charge in [-0.05, 0) is 25.2 Å². The van der Waals surface area contributed by atoms with Gasteiger partial charge < -0.3 is 9.47 Å². The number of Topliss-reactive ketones (excluding diaryl/α,β-unsaturated/α-hetero) is 1. The number of ether oxygens (including phenoxy) is 2. The summed E-state index contributed by atoms with van der Waals surface area (Å²) < 4.78 is 9.60. The average molecular weight is 268 g/mol. The molecule has 106 valence electrons. The predicted octanol–water partition coefficient (Wildman–Crippen LogP) is 1.65. The molecular weight excluding hydrogens is 248 g/mol. The number of ketones is 1. The zero-order chi connectivity index (χ0) is 14.5. The molecule has 0 spiro atoms. The number of hydrogen-bond donors (Lipinski definition) is 0. The van der Waals surface area contributed by atoms with Crippen LogP contribution in [0.25, 0.3) is 0 Å². The van der Waals surface area contributed by atoms with Gasteiger partial charge in [0.2, 0.25) is 0 Å². The Morgan fingerprint density at radius 3 is 2.32 bits per heavy atom. The number of allylic oxidation sites excluding steroid dienone is 1. The van der Waals surface area contributed by atoms with Gasteiger partial charge in [-0.2, -0.15) is 0 Å². The SMILES string of the molecule is C=CCCC(C(=O)OC)(C(=O)OC)C1CCC(=O)C1. The van der Waals surface area contributed by atoms with Crippen molar-refractivity contribution in [2.75, 3.05) is 14.2 Å². The number of esters is 2. The summed E-state index contributed by atoms with van der Waals surface area (Å²) in [4.78, 5) is 35.8. The van der Waals surface area contributed by atoms with E-state index in [1.165, 1.54) is 14.2 Å². The van der Waals surface area contributed by atoms with Crippen LogP contribution in [0.1, 0.15) is 32.1 Å². The summed E-state index contributed by atoms with van der Waals surface area (Å²) >= 11 is 0. The first-order valence-corrected chi connectivity index (χ1v) is 6.32. The highest BCUT2D eigenvalue weighted by Gasteiger charge is 2.55. The zero-order valence-corrected chi connectivity index (χ0v) is 11.4. The van der Waals surface area contributed by atoms with Gasteiger partial charge in [0, 0.05) is 12.8 Å². The van der Waals surface area contributed by atoms with Gasteiger partial charge in [-0.3, -0.25) is 14.4 Å². The summed E-state index contributed by atoms with van der Waals surface area (Å²) in [6, 6.07) is 0. The monoisotopic (exact) mass is 268 g/mol. The number of carbonyl (C=O) groups excluding carboxylic acids is 3. The fraction of sp³-hybridized carbons (Fsp3) is 0.643. The molecule has 5 nitrogen and oxygen atoms in total. The third kappa shape index (κ3) is 2.85. The van der Waals surface area contributed by atoms with Gasteiger partial charge in [0.1, 0.15) is 5.78 Å². The van der Waals surface area contributed by atoms with Crippen molar-refractivity contribution in [3.8, 4) is 0 Å². The Morgan fingerprint density at radius 2 is 1.95 bits per heavy atom. The van der Waals surface area contributed by atoms with Crippen molar-refractivity contribution in [2.24, 2.45) is 11.3 Å². The highest BCUT2D eigenvalue weighted by Crippen LogP contribution is 2.44. The molecule has 0 aliphatic heterocycles. The van der Waals surface area contributed by atoms with E-state index in [-0.39, 0.29) is 24.5 Å². The number of methoxy groups -OCH3 is 2. The van der Waals surface area contributed by atoms with Crippen molar-refractivity contribution >= 4 is 17.7 Å². The standard InChI is InChI=1S/C14H20O5/c1-4-5-8-14(12(16)18-2,13(17)19-3)10-6-7-11(15)9-10/h4,10H,1,5-9H2,2-3H3. The Kier molecular flexibility index (Phi) is 5.27. The minimum absolute atomic E-state index is 0.0702. The second kappa shape index (κ2) is 6.50. The maximum atomic E-state index is 12.2. The number of carbonyl (C=O) groups is 3. The van der Waals surface area contributed by atoms with Crippen molar-refractivity contribution in [3.05, 3.63) is 12.7 Å². The third-order valence-electron chi connectivity index (χ3n) is 3.78. The molecule has 1 fully saturated rings. The molecule has 5 heteroatoms. The van der Waals surface area contributed by atoms with Crippen LogP contribution in [0.5, 0.6) is 0 Å². The number of hydrogen-bond acceptors (Lipinski definition) is 5. The molecule has 0 aromatic heterocycles. The van der Waals surface area contributed by atoms with Crippen LogP contribution in [-0.4, -0.2) is 31.9 Å². The lowest BCUT2D eigenvalue weighted by atomic mass is 9.71. The molecular formula is C14H20O5. The second-order valence-corrected chi connectivity index (χ2v) is 4.76. The van der Waals surface area contributed by atoms with E-state index in [4.69, 9.17) is 9.47 Å². The van der Waals surface area contributed by atoms with Crippen LogP contribution in [0, 0.1) is 11.3 Å². The first-order valence-electron chi connectivity index (χ1n) is 6.32. The molecule has 0 radical (unpaired) electrons. The lowest BCUT2D eigenvalue weighted by Gasteiger charge is -2.33. The summed E-state index contributed by atoms with van der Waals surface area (Å²) in [6.45, 7) is 3.60. The van der Waals surface area contributed by atoms with Crippen molar-refractivity contribution in [1.82, 2.24) is 0 Å². The van der Waals surface area contributed by atoms with Crippen molar-refractivity contribution in [3.63, 3.8) is 0 Å². The molecule has 0 saturated heterocycles. The van der Waals surface area contributed by atoms with Crippen molar-refractivity contribution < 1.29 is 23.9 Å². The van der Waals surface area contributed by atoms with Gasteiger partial charge in [-0.15, -0.1) is 6.58 Å². The molecule has 1 unspecified atom stereocenters. The van der Waals surface area contributed by atoms with Gasteiger partial charge in [-0.1, -0.05) is 6.08 Å². The van der Waals surface area contributed by atoms with Crippen LogP contribution in [0.3, 0.4) is 0 Å². The quantitative estimate of drug-likeness (QED) is 0.416. The van der Waals surface area contributed by atoms with Crippen LogP contribution >= 0.6 is 0 Å². The van der Waals surface area contributed by atoms with E-state index in [1.54, 1.807) is 6.08 Å². The summed E-state index contributed by atoms with van der Waals surface area (Å²) in [5.41, 5.74) is -1.39. The maximum Gasteiger partial charge on any atom is 0.323 e. The van der Waals surface area contributed by atoms with Crippen LogP contribution in [0.4, 0.5) is 0 Å². The Morgan fingerprint density at radius 1 is 1.37 bits per heavy atom. The predicted molar refractivity (Wildman–Crippen MR) is 68.2 cm³/mol. The van der Waals surface area contributed by atoms with Crippen molar-refractivity contribution in [1.29, 1.82) is 0 Å². The minimum atomic E-state index is -1.39. The molecule has 0 N–H and O–H groups in total. The van der Waals surface area contributed by atoms with E-state index in [1.807, 2.05) is 0 Å². The Hall–Kier alpha value is -1.65. The fourth-order valence-electron chi connectivity index (χ4n) is 2.75. The first-order chi connectivity index (χ1) is 9.02. The highest BCUT2D eigenvalue weighted by molar-refractivity contribution is 6.01. The topological polar surface area (TPSA) is 69.7 Å². The summed E-state index contributed by atoms with van der Waals surface area (Å²) in [5, 5.41) is 0. The van der Waals surface area contributed by atoms with Crippen LogP contribution < -0.4 is 0 Å². The van der Waals surface area contributed by atoms with E-state index in [2.05, 4.69) is 6.58 Å². The second-order valence-electron chi connectivity index (χ2n) is 4.76. The molecule has 1 aliphatic carbocycles. The van der Waals surface area contributed by atoms with E-state index >= 15 is 0 Å². The smallest absolute Gasteiger partial charge is 0.323 e.